The van der Waals surface area contributed by atoms with Crippen LogP contribution in [0.1, 0.15) is 0 Å². The lowest BCUT2D eigenvalue weighted by atomic mass is 10.3. The standard InChI is InChI=1S/C9H8N2OS/c10-6-5-13-9(8(6)12)7-3-1-2-4-11-7/h1-5,12H,10H2. The first-order valence-corrected chi connectivity index (χ1v) is 4.64. The summed E-state index contributed by atoms with van der Waals surface area (Å²) in [6.45, 7) is 0. The van der Waals surface area contributed by atoms with Gasteiger partial charge in [-0.25, -0.2) is 0 Å². The van der Waals surface area contributed by atoms with Gasteiger partial charge in [-0.05, 0) is 12.1 Å². The van der Waals surface area contributed by atoms with Gasteiger partial charge < -0.3 is 10.8 Å². The van der Waals surface area contributed by atoms with Gasteiger partial charge in [-0.1, -0.05) is 6.07 Å². The molecule has 0 atom stereocenters. The van der Waals surface area contributed by atoms with Crippen LogP contribution < -0.4 is 5.73 Å². The fraction of sp³-hybridized carbons (Fsp3) is 0. The van der Waals surface area contributed by atoms with Gasteiger partial charge >= 0.3 is 0 Å². The van der Waals surface area contributed by atoms with Crippen molar-refractivity contribution in [2.75, 3.05) is 5.73 Å². The molecular weight excluding hydrogens is 184 g/mol. The molecule has 0 radical (unpaired) electrons. The Morgan fingerprint density at radius 1 is 1.38 bits per heavy atom. The Morgan fingerprint density at radius 3 is 2.77 bits per heavy atom. The number of nitrogens with two attached hydrogens (primary N) is 1. The molecule has 0 spiro atoms. The van der Waals surface area contributed by atoms with Crippen LogP contribution in [0.25, 0.3) is 10.6 Å². The van der Waals surface area contributed by atoms with Crippen molar-refractivity contribution in [3.8, 4) is 16.3 Å². The van der Waals surface area contributed by atoms with E-state index >= 15 is 0 Å². The van der Waals surface area contributed by atoms with Crippen molar-refractivity contribution in [3.05, 3.63) is 29.8 Å². The van der Waals surface area contributed by atoms with Gasteiger partial charge in [-0.15, -0.1) is 11.3 Å². The van der Waals surface area contributed by atoms with Crippen LogP contribution >= 0.6 is 11.3 Å². The summed E-state index contributed by atoms with van der Waals surface area (Å²) in [5, 5.41) is 11.2. The molecule has 0 aromatic carbocycles. The number of thiophene rings is 1. The molecular formula is C9H8N2OS. The highest BCUT2D eigenvalue weighted by Crippen LogP contribution is 2.38. The average Bonchev–Trinajstić information content (AvgIpc) is 2.49. The highest BCUT2D eigenvalue weighted by Gasteiger charge is 2.09. The molecule has 2 aromatic heterocycles. The van der Waals surface area contributed by atoms with Crippen molar-refractivity contribution in [2.24, 2.45) is 0 Å². The van der Waals surface area contributed by atoms with Gasteiger partial charge in [0, 0.05) is 11.6 Å². The second-order valence-corrected chi connectivity index (χ2v) is 3.46. The Kier molecular flexibility index (Phi) is 1.90. The summed E-state index contributed by atoms with van der Waals surface area (Å²) in [5.74, 6) is 0.128. The number of hydrogen-bond donors (Lipinski definition) is 2. The number of pyridine rings is 1. The van der Waals surface area contributed by atoms with Crippen LogP contribution in [0.2, 0.25) is 0 Å². The number of nitrogens with zero attached hydrogens (tertiary/aromatic N) is 1. The van der Waals surface area contributed by atoms with Crippen molar-refractivity contribution in [1.29, 1.82) is 0 Å². The van der Waals surface area contributed by atoms with E-state index in [-0.39, 0.29) is 5.75 Å². The predicted molar refractivity (Wildman–Crippen MR) is 53.6 cm³/mol. The van der Waals surface area contributed by atoms with Crippen molar-refractivity contribution in [1.82, 2.24) is 4.98 Å². The van der Waals surface area contributed by atoms with Crippen LogP contribution in [0, 0.1) is 0 Å². The molecule has 0 aliphatic rings. The van der Waals surface area contributed by atoms with Crippen molar-refractivity contribution >= 4 is 17.0 Å². The Morgan fingerprint density at radius 2 is 2.23 bits per heavy atom. The Balaban J connectivity index is 2.53. The zero-order valence-electron chi connectivity index (χ0n) is 6.77. The molecule has 0 saturated heterocycles. The van der Waals surface area contributed by atoms with E-state index in [9.17, 15) is 5.11 Å². The number of aromatic nitrogens is 1. The Hall–Kier alpha value is -1.55. The highest BCUT2D eigenvalue weighted by molar-refractivity contribution is 7.14. The van der Waals surface area contributed by atoms with Gasteiger partial charge in [0.2, 0.25) is 0 Å². The lowest BCUT2D eigenvalue weighted by Crippen LogP contribution is -1.81. The van der Waals surface area contributed by atoms with Crippen LogP contribution in [0.15, 0.2) is 29.8 Å². The minimum atomic E-state index is 0.128. The molecule has 13 heavy (non-hydrogen) atoms. The van der Waals surface area contributed by atoms with Gasteiger partial charge in [0.05, 0.1) is 16.3 Å². The van der Waals surface area contributed by atoms with Gasteiger partial charge in [-0.3, -0.25) is 4.98 Å². The third-order valence-electron chi connectivity index (χ3n) is 1.69. The number of hydrogen-bond acceptors (Lipinski definition) is 4. The van der Waals surface area contributed by atoms with Gasteiger partial charge in [0.1, 0.15) is 0 Å². The second-order valence-electron chi connectivity index (χ2n) is 2.58. The van der Waals surface area contributed by atoms with Crippen molar-refractivity contribution in [3.63, 3.8) is 0 Å². The molecule has 0 bridgehead atoms. The minimum Gasteiger partial charge on any atom is -0.504 e. The van der Waals surface area contributed by atoms with E-state index in [1.807, 2.05) is 18.2 Å². The van der Waals surface area contributed by atoms with Crippen molar-refractivity contribution in [2.45, 2.75) is 0 Å². The van der Waals surface area contributed by atoms with E-state index in [1.54, 1.807) is 11.6 Å². The first-order chi connectivity index (χ1) is 6.29. The third-order valence-corrected chi connectivity index (χ3v) is 2.70. The lowest BCUT2D eigenvalue weighted by Gasteiger charge is -1.96. The molecule has 0 fully saturated rings. The third kappa shape index (κ3) is 1.36. The molecule has 4 heteroatoms. The number of nitrogen functional groups attached to an aromatic ring is 1. The minimum absolute atomic E-state index is 0.128. The Bertz CT molecular complexity index is 411. The maximum atomic E-state index is 9.54. The van der Waals surface area contributed by atoms with E-state index in [4.69, 9.17) is 5.73 Å². The molecule has 2 aromatic rings. The van der Waals surface area contributed by atoms with Crippen LogP contribution in [0.4, 0.5) is 5.69 Å². The molecule has 0 unspecified atom stereocenters. The van der Waals surface area contributed by atoms with E-state index in [0.29, 0.717) is 5.69 Å². The summed E-state index contributed by atoms with van der Waals surface area (Å²) in [6, 6.07) is 5.54. The average molecular weight is 192 g/mol. The van der Waals surface area contributed by atoms with E-state index in [1.165, 1.54) is 11.3 Å². The van der Waals surface area contributed by atoms with E-state index in [2.05, 4.69) is 4.98 Å². The first kappa shape index (κ1) is 8.07. The maximum absolute atomic E-state index is 9.54. The number of rotatable bonds is 1. The summed E-state index contributed by atoms with van der Waals surface area (Å²) in [7, 11) is 0. The molecule has 3 N–H and O–H groups in total. The molecule has 2 rings (SSSR count). The quantitative estimate of drug-likeness (QED) is 0.727. The largest absolute Gasteiger partial charge is 0.504 e. The van der Waals surface area contributed by atoms with Gasteiger partial charge in [-0.2, -0.15) is 0 Å². The van der Waals surface area contributed by atoms with Gasteiger partial charge in [0.25, 0.3) is 0 Å². The summed E-state index contributed by atoms with van der Waals surface area (Å²) in [4.78, 5) is 4.84. The number of anilines is 1. The molecule has 66 valence electrons. The first-order valence-electron chi connectivity index (χ1n) is 3.76. The summed E-state index contributed by atoms with van der Waals surface area (Å²) in [5.41, 5.74) is 6.67. The normalized spacial score (nSPS) is 10.2. The molecule has 0 saturated carbocycles. The lowest BCUT2D eigenvalue weighted by molar-refractivity contribution is 0.482. The summed E-state index contributed by atoms with van der Waals surface area (Å²) in [6.07, 6.45) is 1.69. The SMILES string of the molecule is Nc1csc(-c2ccccn2)c1O. The smallest absolute Gasteiger partial charge is 0.158 e. The molecule has 2 heterocycles. The predicted octanol–water partition coefficient (Wildman–Crippen LogP) is 2.10. The Labute approximate surface area is 79.5 Å². The zero-order chi connectivity index (χ0) is 9.26. The van der Waals surface area contributed by atoms with Gasteiger partial charge in [0.15, 0.2) is 5.75 Å². The zero-order valence-corrected chi connectivity index (χ0v) is 7.58. The van der Waals surface area contributed by atoms with E-state index in [0.717, 1.165) is 10.6 Å². The highest BCUT2D eigenvalue weighted by atomic mass is 32.1. The monoisotopic (exact) mass is 192 g/mol. The van der Waals surface area contributed by atoms with Crippen LogP contribution in [-0.4, -0.2) is 10.1 Å². The fourth-order valence-corrected chi connectivity index (χ4v) is 1.87. The molecule has 0 aliphatic carbocycles. The van der Waals surface area contributed by atoms with Crippen LogP contribution in [0.5, 0.6) is 5.75 Å². The van der Waals surface area contributed by atoms with Crippen LogP contribution in [0.3, 0.4) is 0 Å². The summed E-state index contributed by atoms with van der Waals surface area (Å²) >= 11 is 1.39. The maximum Gasteiger partial charge on any atom is 0.158 e. The number of aromatic hydroxyl groups is 1. The molecule has 0 aliphatic heterocycles. The van der Waals surface area contributed by atoms with Crippen molar-refractivity contribution < 1.29 is 5.11 Å². The van der Waals surface area contributed by atoms with E-state index < -0.39 is 0 Å². The van der Waals surface area contributed by atoms with Crippen LogP contribution in [-0.2, 0) is 0 Å². The molecule has 0 amide bonds. The fourth-order valence-electron chi connectivity index (χ4n) is 1.04. The topological polar surface area (TPSA) is 59.1 Å². The molecule has 3 nitrogen and oxygen atoms in total. The second kappa shape index (κ2) is 3.06. The summed E-state index contributed by atoms with van der Waals surface area (Å²) < 4.78 is 0.